The summed E-state index contributed by atoms with van der Waals surface area (Å²) in [5.41, 5.74) is 0.842. The van der Waals surface area contributed by atoms with Gasteiger partial charge in [-0.25, -0.2) is 9.80 Å². The molecule has 118 valence electrons. The van der Waals surface area contributed by atoms with Gasteiger partial charge in [-0.1, -0.05) is 30.3 Å². The lowest BCUT2D eigenvalue weighted by molar-refractivity contribution is -0.126. The third-order valence-corrected chi connectivity index (χ3v) is 2.98. The van der Waals surface area contributed by atoms with Gasteiger partial charge >= 0.3 is 6.03 Å². The molecule has 1 aromatic rings. The lowest BCUT2D eigenvalue weighted by Gasteiger charge is -2.31. The molecule has 0 aliphatic heterocycles. The summed E-state index contributed by atoms with van der Waals surface area (Å²) >= 11 is 0. The second-order valence-corrected chi connectivity index (χ2v) is 4.71. The quantitative estimate of drug-likeness (QED) is 0.455. The van der Waals surface area contributed by atoms with Crippen molar-refractivity contribution < 1.29 is 14.4 Å². The minimum atomic E-state index is -0.527. The van der Waals surface area contributed by atoms with Crippen molar-refractivity contribution in [2.45, 2.75) is 6.92 Å². The van der Waals surface area contributed by atoms with Crippen molar-refractivity contribution in [1.29, 1.82) is 0 Å². The van der Waals surface area contributed by atoms with Crippen molar-refractivity contribution in [1.82, 2.24) is 14.9 Å². The van der Waals surface area contributed by atoms with Gasteiger partial charge in [0.2, 0.25) is 0 Å². The lowest BCUT2D eigenvalue weighted by atomic mass is 10.2. The molecule has 0 saturated carbocycles. The van der Waals surface area contributed by atoms with Gasteiger partial charge in [0.25, 0.3) is 5.91 Å². The second-order valence-electron chi connectivity index (χ2n) is 4.71. The van der Waals surface area contributed by atoms with Crippen molar-refractivity contribution in [3.05, 3.63) is 42.0 Å². The largest absolute Gasteiger partial charge is 0.341 e. The number of benzene rings is 1. The first-order valence-corrected chi connectivity index (χ1v) is 6.98. The van der Waals surface area contributed by atoms with Gasteiger partial charge in [-0.2, -0.15) is 0 Å². The highest BCUT2D eigenvalue weighted by molar-refractivity contribution is 6.03. The van der Waals surface area contributed by atoms with E-state index < -0.39 is 11.9 Å². The van der Waals surface area contributed by atoms with Gasteiger partial charge in [0.15, 0.2) is 0 Å². The molecule has 0 spiro atoms. The Kier molecular flexibility index (Phi) is 6.98. The number of hydrogen-bond donors (Lipinski definition) is 0. The van der Waals surface area contributed by atoms with Gasteiger partial charge in [0.1, 0.15) is 6.29 Å². The van der Waals surface area contributed by atoms with Crippen LogP contribution in [0.25, 0.3) is 6.08 Å². The molecule has 1 aromatic carbocycles. The molecule has 0 fully saturated rings. The molecule has 0 aromatic heterocycles. The molecule has 0 aliphatic rings. The molecular weight excluding hydrogens is 282 g/mol. The van der Waals surface area contributed by atoms with Crippen molar-refractivity contribution >= 4 is 24.3 Å². The molecule has 22 heavy (non-hydrogen) atoms. The molecule has 6 nitrogen and oxygen atoms in total. The van der Waals surface area contributed by atoms with Gasteiger partial charge < -0.3 is 4.79 Å². The maximum Gasteiger partial charge on any atom is 0.341 e. The molecule has 0 atom stereocenters. The average Bonchev–Trinajstić information content (AvgIpc) is 2.51. The molecule has 3 amide bonds. The van der Waals surface area contributed by atoms with Crippen LogP contribution in [0.3, 0.4) is 0 Å². The highest BCUT2D eigenvalue weighted by Gasteiger charge is 2.25. The third-order valence-electron chi connectivity index (χ3n) is 2.98. The molecule has 0 radical (unpaired) electrons. The second kappa shape index (κ2) is 8.74. The monoisotopic (exact) mass is 303 g/mol. The summed E-state index contributed by atoms with van der Waals surface area (Å²) in [5, 5.41) is 2.95. The Hall–Kier alpha value is -2.47. The fraction of sp³-hybridized carbons (Fsp3) is 0.312. The van der Waals surface area contributed by atoms with Crippen LogP contribution in [0.15, 0.2) is 36.4 Å². The summed E-state index contributed by atoms with van der Waals surface area (Å²) in [4.78, 5) is 36.2. The first-order valence-electron chi connectivity index (χ1n) is 6.98. The maximum atomic E-state index is 12.4. The highest BCUT2D eigenvalue weighted by atomic mass is 16.2. The molecule has 1 rings (SSSR count). The Balaban J connectivity index is 2.90. The van der Waals surface area contributed by atoms with Crippen LogP contribution in [0.1, 0.15) is 12.5 Å². The molecule has 0 N–H and O–H groups in total. The molecule has 0 aliphatic carbocycles. The van der Waals surface area contributed by atoms with Crippen LogP contribution >= 0.6 is 0 Å². The van der Waals surface area contributed by atoms with E-state index in [9.17, 15) is 14.4 Å². The van der Waals surface area contributed by atoms with E-state index in [1.165, 1.54) is 11.1 Å². The molecule has 6 heteroatoms. The van der Waals surface area contributed by atoms with E-state index in [0.29, 0.717) is 12.8 Å². The molecule has 0 bridgehead atoms. The number of hydrazine groups is 1. The smallest absolute Gasteiger partial charge is 0.301 e. The summed E-state index contributed by atoms with van der Waals surface area (Å²) < 4.78 is 0. The number of rotatable bonds is 6. The Labute approximate surface area is 130 Å². The number of urea groups is 1. The predicted octanol–water partition coefficient (Wildman–Crippen LogP) is 1.65. The van der Waals surface area contributed by atoms with Gasteiger partial charge in [0.05, 0.1) is 6.54 Å². The SMILES string of the molecule is CCN(C(=O)N(CC=O)C(=O)/C=C/c1ccccc1)N(C)C. The zero-order valence-corrected chi connectivity index (χ0v) is 13.1. The van der Waals surface area contributed by atoms with E-state index >= 15 is 0 Å². The Morgan fingerprint density at radius 2 is 1.77 bits per heavy atom. The molecule has 0 saturated heterocycles. The zero-order chi connectivity index (χ0) is 16.5. The van der Waals surface area contributed by atoms with Gasteiger partial charge in [0, 0.05) is 26.7 Å². The number of hydrogen-bond acceptors (Lipinski definition) is 4. The van der Waals surface area contributed by atoms with Crippen molar-refractivity contribution in [2.24, 2.45) is 0 Å². The van der Waals surface area contributed by atoms with Gasteiger partial charge in [-0.15, -0.1) is 0 Å². The summed E-state index contributed by atoms with van der Waals surface area (Å²) in [5.74, 6) is -0.527. The lowest BCUT2D eigenvalue weighted by Crippen LogP contribution is -2.51. The van der Waals surface area contributed by atoms with E-state index in [1.54, 1.807) is 32.1 Å². The minimum Gasteiger partial charge on any atom is -0.301 e. The Morgan fingerprint density at radius 3 is 2.27 bits per heavy atom. The summed E-state index contributed by atoms with van der Waals surface area (Å²) in [6.45, 7) is 1.92. The number of carbonyl (C=O) groups excluding carboxylic acids is 3. The van der Waals surface area contributed by atoms with Crippen molar-refractivity contribution in [2.75, 3.05) is 27.2 Å². The fourth-order valence-corrected chi connectivity index (χ4v) is 1.89. The van der Waals surface area contributed by atoms with Crippen LogP contribution in [-0.2, 0) is 9.59 Å². The van der Waals surface area contributed by atoms with E-state index in [1.807, 2.05) is 30.3 Å². The van der Waals surface area contributed by atoms with Crippen LogP contribution in [0, 0.1) is 0 Å². The minimum absolute atomic E-state index is 0.277. The Morgan fingerprint density at radius 1 is 1.14 bits per heavy atom. The standard InChI is InChI=1S/C16H21N3O3/c1-4-19(17(2)3)16(22)18(12-13-20)15(21)11-10-14-8-6-5-7-9-14/h5-11,13H,4,12H2,1-3H3/b11-10+. The molecule has 0 unspecified atom stereocenters. The van der Waals surface area contributed by atoms with E-state index in [-0.39, 0.29) is 6.54 Å². The zero-order valence-electron chi connectivity index (χ0n) is 13.1. The summed E-state index contributed by atoms with van der Waals surface area (Å²) in [6, 6.07) is 8.73. The topological polar surface area (TPSA) is 60.9 Å². The average molecular weight is 303 g/mol. The van der Waals surface area contributed by atoms with Crippen molar-refractivity contribution in [3.8, 4) is 0 Å². The number of carbonyl (C=O) groups is 3. The van der Waals surface area contributed by atoms with Crippen LogP contribution in [0.5, 0.6) is 0 Å². The van der Waals surface area contributed by atoms with Gasteiger partial charge in [-0.3, -0.25) is 14.7 Å². The van der Waals surface area contributed by atoms with E-state index in [0.717, 1.165) is 10.5 Å². The van der Waals surface area contributed by atoms with Crippen LogP contribution in [0.4, 0.5) is 4.79 Å². The highest BCUT2D eigenvalue weighted by Crippen LogP contribution is 2.05. The number of imide groups is 1. The molecular formula is C16H21N3O3. The van der Waals surface area contributed by atoms with E-state index in [4.69, 9.17) is 0 Å². The third kappa shape index (κ3) is 4.82. The first-order chi connectivity index (χ1) is 10.5. The Bertz CT molecular complexity index is 541. The number of amides is 3. The van der Waals surface area contributed by atoms with Crippen molar-refractivity contribution in [3.63, 3.8) is 0 Å². The maximum absolute atomic E-state index is 12.4. The van der Waals surface area contributed by atoms with Crippen LogP contribution in [-0.4, -0.2) is 60.3 Å². The van der Waals surface area contributed by atoms with Gasteiger partial charge in [-0.05, 0) is 18.6 Å². The predicted molar refractivity (Wildman–Crippen MR) is 84.7 cm³/mol. The summed E-state index contributed by atoms with van der Waals surface area (Å²) in [6.07, 6.45) is 3.44. The molecule has 0 heterocycles. The van der Waals surface area contributed by atoms with Crippen LogP contribution in [0.2, 0.25) is 0 Å². The normalized spacial score (nSPS) is 10.7. The summed E-state index contributed by atoms with van der Waals surface area (Å²) in [7, 11) is 3.40. The fourth-order valence-electron chi connectivity index (χ4n) is 1.89. The number of aldehydes is 1. The number of nitrogens with zero attached hydrogens (tertiary/aromatic N) is 3. The van der Waals surface area contributed by atoms with E-state index in [2.05, 4.69) is 0 Å². The first kappa shape index (κ1) is 17.6. The van der Waals surface area contributed by atoms with Crippen LogP contribution < -0.4 is 0 Å².